The lowest BCUT2D eigenvalue weighted by atomic mass is 10.2. The fourth-order valence-electron chi connectivity index (χ4n) is 3.33. The number of hydrogen-bond acceptors (Lipinski definition) is 4. The van der Waals surface area contributed by atoms with Crippen LogP contribution in [-0.2, 0) is 9.59 Å². The second-order valence-electron chi connectivity index (χ2n) is 7.24. The Bertz CT molecular complexity index is 1450. The van der Waals surface area contributed by atoms with Crippen molar-refractivity contribution < 1.29 is 23.5 Å². The summed E-state index contributed by atoms with van der Waals surface area (Å²) in [4.78, 5) is 38.4. The molecule has 0 saturated heterocycles. The van der Waals surface area contributed by atoms with E-state index >= 15 is 0 Å². The summed E-state index contributed by atoms with van der Waals surface area (Å²) in [5.74, 6) is -2.86. The van der Waals surface area contributed by atoms with Crippen molar-refractivity contribution in [3.05, 3.63) is 88.3 Å². The molecular weight excluding hydrogens is 498 g/mol. The Kier molecular flexibility index (Phi) is 6.90. The van der Waals surface area contributed by atoms with Crippen LogP contribution in [0.4, 0.5) is 15.8 Å². The normalized spacial score (nSPS) is 10.6. The second kappa shape index (κ2) is 10.0. The molecule has 35 heavy (non-hydrogen) atoms. The van der Waals surface area contributed by atoms with Crippen LogP contribution in [0.1, 0.15) is 10.5 Å². The highest BCUT2D eigenvalue weighted by molar-refractivity contribution is 6.42. The Morgan fingerprint density at radius 3 is 2.34 bits per heavy atom. The summed E-state index contributed by atoms with van der Waals surface area (Å²) < 4.78 is 19.7. The SMILES string of the molecule is COc1cccc2cc(C(=O)Nc3ccc(Cl)cc3Cl)n(NC(=O)C(=O)Nc3ccc(F)cc3)c12. The third-order valence-corrected chi connectivity index (χ3v) is 5.49. The van der Waals surface area contributed by atoms with Crippen LogP contribution in [0, 0.1) is 5.82 Å². The fraction of sp³-hybridized carbons (Fsp3) is 0.0417. The zero-order chi connectivity index (χ0) is 25.1. The minimum atomic E-state index is -1.07. The first-order valence-electron chi connectivity index (χ1n) is 10.1. The fourth-order valence-corrected chi connectivity index (χ4v) is 3.78. The number of hydrogen-bond donors (Lipinski definition) is 3. The van der Waals surface area contributed by atoms with Crippen LogP contribution in [-0.4, -0.2) is 29.5 Å². The molecule has 1 aromatic heterocycles. The maximum atomic E-state index is 13.2. The molecule has 0 saturated carbocycles. The number of para-hydroxylation sites is 1. The molecule has 0 spiro atoms. The highest BCUT2D eigenvalue weighted by atomic mass is 35.5. The van der Waals surface area contributed by atoms with Crippen molar-refractivity contribution >= 4 is 63.2 Å². The van der Waals surface area contributed by atoms with Crippen LogP contribution >= 0.6 is 23.2 Å². The topological polar surface area (TPSA) is 101 Å². The van der Waals surface area contributed by atoms with Crippen molar-refractivity contribution in [1.29, 1.82) is 0 Å². The molecule has 0 atom stereocenters. The lowest BCUT2D eigenvalue weighted by Crippen LogP contribution is -2.36. The van der Waals surface area contributed by atoms with Crippen LogP contribution in [0.2, 0.25) is 10.0 Å². The van der Waals surface area contributed by atoms with Crippen LogP contribution < -0.4 is 20.8 Å². The first kappa shape index (κ1) is 24.1. The Morgan fingerprint density at radius 1 is 0.914 bits per heavy atom. The lowest BCUT2D eigenvalue weighted by Gasteiger charge is -2.14. The van der Waals surface area contributed by atoms with E-state index in [1.165, 1.54) is 37.4 Å². The molecule has 4 rings (SSSR count). The summed E-state index contributed by atoms with van der Waals surface area (Å²) in [7, 11) is 1.43. The predicted molar refractivity (Wildman–Crippen MR) is 132 cm³/mol. The minimum absolute atomic E-state index is 0.00144. The Hall–Kier alpha value is -4.08. The number of fused-ring (bicyclic) bond motifs is 1. The molecule has 0 radical (unpaired) electrons. The van der Waals surface area contributed by atoms with Crippen molar-refractivity contribution in [3.8, 4) is 5.75 Å². The summed E-state index contributed by atoms with van der Waals surface area (Å²) >= 11 is 12.1. The third-order valence-electron chi connectivity index (χ3n) is 4.94. The van der Waals surface area contributed by atoms with E-state index in [-0.39, 0.29) is 16.4 Å². The number of anilines is 2. The summed E-state index contributed by atoms with van der Waals surface area (Å²) in [6.07, 6.45) is 0. The Labute approximate surface area is 208 Å². The minimum Gasteiger partial charge on any atom is -0.494 e. The van der Waals surface area contributed by atoms with Crippen LogP contribution in [0.15, 0.2) is 66.7 Å². The van der Waals surface area contributed by atoms with Gasteiger partial charge in [-0.1, -0.05) is 35.3 Å². The van der Waals surface area contributed by atoms with E-state index in [0.717, 1.165) is 16.8 Å². The first-order chi connectivity index (χ1) is 16.8. The summed E-state index contributed by atoms with van der Waals surface area (Å²) in [5, 5.41) is 6.21. The quantitative estimate of drug-likeness (QED) is 0.324. The van der Waals surface area contributed by atoms with Gasteiger partial charge in [-0.3, -0.25) is 19.8 Å². The van der Waals surface area contributed by atoms with Crippen molar-refractivity contribution in [3.63, 3.8) is 0 Å². The third kappa shape index (κ3) is 5.21. The van der Waals surface area contributed by atoms with Gasteiger partial charge in [0, 0.05) is 16.1 Å². The zero-order valence-electron chi connectivity index (χ0n) is 18.1. The average Bonchev–Trinajstić information content (AvgIpc) is 3.21. The van der Waals surface area contributed by atoms with Gasteiger partial charge in [-0.05, 0) is 54.6 Å². The maximum absolute atomic E-state index is 13.2. The number of benzene rings is 3. The maximum Gasteiger partial charge on any atom is 0.328 e. The van der Waals surface area contributed by atoms with E-state index in [1.807, 2.05) is 0 Å². The number of rotatable bonds is 5. The Morgan fingerprint density at radius 2 is 1.66 bits per heavy atom. The number of halogens is 3. The summed E-state index contributed by atoms with van der Waals surface area (Å²) in [5.41, 5.74) is 3.29. The van der Waals surface area contributed by atoms with E-state index in [9.17, 15) is 18.8 Å². The largest absolute Gasteiger partial charge is 0.494 e. The number of carbonyl (C=O) groups excluding carboxylic acids is 3. The molecule has 0 aliphatic heterocycles. The van der Waals surface area contributed by atoms with Gasteiger partial charge in [0.2, 0.25) is 0 Å². The number of carbonyl (C=O) groups is 3. The molecule has 0 aliphatic carbocycles. The Balaban J connectivity index is 1.67. The molecule has 8 nitrogen and oxygen atoms in total. The molecule has 1 heterocycles. The molecule has 11 heteroatoms. The van der Waals surface area contributed by atoms with Crippen molar-refractivity contribution in [2.75, 3.05) is 23.2 Å². The number of amides is 3. The van der Waals surface area contributed by atoms with Crippen molar-refractivity contribution in [2.24, 2.45) is 0 Å². The second-order valence-corrected chi connectivity index (χ2v) is 8.09. The van der Waals surface area contributed by atoms with Gasteiger partial charge in [-0.15, -0.1) is 0 Å². The van der Waals surface area contributed by atoms with Gasteiger partial charge in [0.25, 0.3) is 5.91 Å². The lowest BCUT2D eigenvalue weighted by molar-refractivity contribution is -0.133. The molecule has 4 aromatic rings. The average molecular weight is 515 g/mol. The highest BCUT2D eigenvalue weighted by Gasteiger charge is 2.23. The number of methoxy groups -OCH3 is 1. The van der Waals surface area contributed by atoms with Crippen LogP contribution in [0.25, 0.3) is 10.9 Å². The molecule has 0 unspecified atom stereocenters. The van der Waals surface area contributed by atoms with E-state index < -0.39 is 23.5 Å². The smallest absolute Gasteiger partial charge is 0.328 e. The van der Waals surface area contributed by atoms with Crippen molar-refractivity contribution in [2.45, 2.75) is 0 Å². The standard InChI is InChI=1S/C24H17Cl2FN4O4/c1-35-20-4-2-3-13-11-19(22(32)29-18-10-5-14(25)12-17(18)26)31(21(13)20)30-24(34)23(33)28-16-8-6-15(27)7-9-16/h2-12H,1H3,(H,28,33)(H,29,32)(H,30,34). The summed E-state index contributed by atoms with van der Waals surface area (Å²) in [6, 6.07) is 16.1. The molecule has 3 aromatic carbocycles. The van der Waals surface area contributed by atoms with E-state index in [4.69, 9.17) is 27.9 Å². The van der Waals surface area contributed by atoms with Gasteiger partial charge in [0.1, 0.15) is 22.8 Å². The van der Waals surface area contributed by atoms with Gasteiger partial charge in [-0.25, -0.2) is 9.07 Å². The van der Waals surface area contributed by atoms with Crippen molar-refractivity contribution in [1.82, 2.24) is 4.68 Å². The van der Waals surface area contributed by atoms with Gasteiger partial charge >= 0.3 is 11.8 Å². The van der Waals surface area contributed by atoms with Crippen LogP contribution in [0.3, 0.4) is 0 Å². The molecule has 0 bridgehead atoms. The van der Waals surface area contributed by atoms with Gasteiger partial charge in [0.15, 0.2) is 0 Å². The van der Waals surface area contributed by atoms with Gasteiger partial charge < -0.3 is 15.4 Å². The molecule has 0 aliphatic rings. The number of nitrogens with zero attached hydrogens (tertiary/aromatic N) is 1. The summed E-state index contributed by atoms with van der Waals surface area (Å²) in [6.45, 7) is 0. The molecular formula is C24H17Cl2FN4O4. The number of aromatic nitrogens is 1. The predicted octanol–water partition coefficient (Wildman–Crippen LogP) is 5.06. The molecule has 0 fully saturated rings. The van der Waals surface area contributed by atoms with Gasteiger partial charge in [-0.2, -0.15) is 0 Å². The zero-order valence-corrected chi connectivity index (χ0v) is 19.6. The first-order valence-corrected chi connectivity index (χ1v) is 10.8. The molecule has 178 valence electrons. The molecule has 3 amide bonds. The van der Waals surface area contributed by atoms with Crippen LogP contribution in [0.5, 0.6) is 5.75 Å². The highest BCUT2D eigenvalue weighted by Crippen LogP contribution is 2.30. The number of ether oxygens (including phenoxy) is 1. The number of nitrogens with one attached hydrogen (secondary N) is 3. The van der Waals surface area contributed by atoms with Gasteiger partial charge in [0.05, 0.1) is 17.8 Å². The monoisotopic (exact) mass is 514 g/mol. The van der Waals surface area contributed by atoms with E-state index in [2.05, 4.69) is 16.1 Å². The van der Waals surface area contributed by atoms with E-state index in [1.54, 1.807) is 24.3 Å². The molecule has 3 N–H and O–H groups in total. The van der Waals surface area contributed by atoms with E-state index in [0.29, 0.717) is 27.4 Å².